The van der Waals surface area contributed by atoms with E-state index in [0.717, 1.165) is 0 Å². The molecule has 7 heteroatoms. The molecular weight excluding hydrogens is 384 g/mol. The fraction of sp³-hybridized carbons (Fsp3) is 0.435. The van der Waals surface area contributed by atoms with Gasteiger partial charge in [-0.3, -0.25) is 0 Å². The summed E-state index contributed by atoms with van der Waals surface area (Å²) < 4.78 is 21.5. The number of carbonyl (C=O) groups excluding carboxylic acids is 1. The van der Waals surface area contributed by atoms with Crippen LogP contribution >= 0.6 is 0 Å². The van der Waals surface area contributed by atoms with Crippen molar-refractivity contribution in [2.75, 3.05) is 59.3 Å². The molecule has 0 fully saturated rings. The Morgan fingerprint density at radius 2 is 1.33 bits per heavy atom. The number of rotatable bonds is 13. The maximum absolute atomic E-state index is 12.0. The largest absolute Gasteiger partial charge is 0.449 e. The van der Waals surface area contributed by atoms with Gasteiger partial charge in [0.25, 0.3) is 0 Å². The van der Waals surface area contributed by atoms with Gasteiger partial charge in [-0.25, -0.2) is 4.79 Å². The van der Waals surface area contributed by atoms with Gasteiger partial charge in [0.2, 0.25) is 0 Å². The van der Waals surface area contributed by atoms with E-state index in [0.29, 0.717) is 59.3 Å². The monoisotopic (exact) mass is 414 g/mol. The molecule has 0 heterocycles. The van der Waals surface area contributed by atoms with Gasteiger partial charge >= 0.3 is 6.09 Å². The zero-order valence-corrected chi connectivity index (χ0v) is 17.2. The smallest absolute Gasteiger partial charge is 0.407 e. The standard InChI is InChI=1S/C23H30N2O5/c24-9-11-27-13-15-29-16-14-28-12-10-25-23(26)30-17-22-20-7-3-1-5-18(20)19-6-2-4-8-21(19)22/h1-8,22H,9-17,24H2,(H,25,26). The molecule has 7 nitrogen and oxygen atoms in total. The van der Waals surface area contributed by atoms with Crippen molar-refractivity contribution in [2.45, 2.75) is 5.92 Å². The molecule has 0 aliphatic heterocycles. The highest BCUT2D eigenvalue weighted by molar-refractivity contribution is 5.79. The second-order valence-corrected chi connectivity index (χ2v) is 6.88. The van der Waals surface area contributed by atoms with Crippen LogP contribution in [0, 0.1) is 0 Å². The fourth-order valence-corrected chi connectivity index (χ4v) is 3.50. The van der Waals surface area contributed by atoms with E-state index in [4.69, 9.17) is 24.7 Å². The zero-order chi connectivity index (χ0) is 21.0. The van der Waals surface area contributed by atoms with Crippen LogP contribution in [0.1, 0.15) is 17.0 Å². The Labute approximate surface area is 177 Å². The van der Waals surface area contributed by atoms with Crippen molar-refractivity contribution in [3.63, 3.8) is 0 Å². The molecule has 0 bridgehead atoms. The molecule has 0 unspecified atom stereocenters. The van der Waals surface area contributed by atoms with Crippen molar-refractivity contribution in [1.29, 1.82) is 0 Å². The molecule has 3 rings (SSSR count). The predicted molar refractivity (Wildman–Crippen MR) is 115 cm³/mol. The van der Waals surface area contributed by atoms with E-state index in [-0.39, 0.29) is 5.92 Å². The number of hydrogen-bond acceptors (Lipinski definition) is 6. The van der Waals surface area contributed by atoms with E-state index < -0.39 is 6.09 Å². The summed E-state index contributed by atoms with van der Waals surface area (Å²) in [5.74, 6) is 0.0605. The van der Waals surface area contributed by atoms with Gasteiger partial charge in [-0.1, -0.05) is 48.5 Å². The molecule has 3 N–H and O–H groups in total. The zero-order valence-electron chi connectivity index (χ0n) is 17.2. The number of amides is 1. The summed E-state index contributed by atoms with van der Waals surface area (Å²) in [4.78, 5) is 12.0. The summed E-state index contributed by atoms with van der Waals surface area (Å²) in [5.41, 5.74) is 10.1. The van der Waals surface area contributed by atoms with Gasteiger partial charge < -0.3 is 30.0 Å². The SMILES string of the molecule is NCCOCCOCCOCCNC(=O)OCC1c2ccccc2-c2ccccc21. The molecule has 0 saturated carbocycles. The Kier molecular flexibility index (Phi) is 9.11. The number of benzene rings is 2. The lowest BCUT2D eigenvalue weighted by Gasteiger charge is -2.14. The van der Waals surface area contributed by atoms with Crippen LogP contribution in [0.15, 0.2) is 48.5 Å². The minimum absolute atomic E-state index is 0.0605. The summed E-state index contributed by atoms with van der Waals surface area (Å²) in [7, 11) is 0. The molecule has 0 saturated heterocycles. The fourth-order valence-electron chi connectivity index (χ4n) is 3.50. The van der Waals surface area contributed by atoms with E-state index in [1.54, 1.807) is 0 Å². The van der Waals surface area contributed by atoms with Crippen LogP contribution in [0.5, 0.6) is 0 Å². The Morgan fingerprint density at radius 3 is 1.93 bits per heavy atom. The van der Waals surface area contributed by atoms with E-state index in [2.05, 4.69) is 29.6 Å². The quantitative estimate of drug-likeness (QED) is 0.490. The summed E-state index contributed by atoms with van der Waals surface area (Å²) in [6.45, 7) is 4.14. The second-order valence-electron chi connectivity index (χ2n) is 6.88. The predicted octanol–water partition coefficient (Wildman–Crippen LogP) is 2.53. The van der Waals surface area contributed by atoms with Crippen LogP contribution in [0.3, 0.4) is 0 Å². The first-order valence-corrected chi connectivity index (χ1v) is 10.3. The van der Waals surface area contributed by atoms with E-state index in [9.17, 15) is 4.79 Å². The first kappa shape index (κ1) is 22.2. The van der Waals surface area contributed by atoms with Crippen molar-refractivity contribution >= 4 is 6.09 Å². The molecule has 0 aromatic heterocycles. The Balaban J connectivity index is 1.30. The van der Waals surface area contributed by atoms with E-state index in [1.165, 1.54) is 22.3 Å². The first-order chi connectivity index (χ1) is 14.8. The minimum Gasteiger partial charge on any atom is -0.449 e. The molecular formula is C23H30N2O5. The molecule has 0 atom stereocenters. The van der Waals surface area contributed by atoms with Gasteiger partial charge in [-0.15, -0.1) is 0 Å². The van der Waals surface area contributed by atoms with Crippen LogP contribution in [-0.2, 0) is 18.9 Å². The topological polar surface area (TPSA) is 92.0 Å². The number of fused-ring (bicyclic) bond motifs is 3. The minimum atomic E-state index is -0.436. The van der Waals surface area contributed by atoms with Gasteiger partial charge in [0, 0.05) is 19.0 Å². The average molecular weight is 415 g/mol. The molecule has 1 aliphatic carbocycles. The third-order valence-electron chi connectivity index (χ3n) is 4.87. The molecule has 1 aliphatic rings. The van der Waals surface area contributed by atoms with Crippen LogP contribution < -0.4 is 11.1 Å². The molecule has 0 spiro atoms. The molecule has 2 aromatic rings. The van der Waals surface area contributed by atoms with Crippen molar-refractivity contribution in [2.24, 2.45) is 5.73 Å². The lowest BCUT2D eigenvalue weighted by molar-refractivity contribution is 0.0165. The van der Waals surface area contributed by atoms with E-state index >= 15 is 0 Å². The highest BCUT2D eigenvalue weighted by atomic mass is 16.6. The Morgan fingerprint density at radius 1 is 0.800 bits per heavy atom. The summed E-state index contributed by atoms with van der Waals surface area (Å²) in [6.07, 6.45) is -0.436. The molecule has 30 heavy (non-hydrogen) atoms. The van der Waals surface area contributed by atoms with Crippen LogP contribution in [0.2, 0.25) is 0 Å². The van der Waals surface area contributed by atoms with Crippen molar-refractivity contribution < 1.29 is 23.7 Å². The maximum atomic E-state index is 12.0. The van der Waals surface area contributed by atoms with Crippen molar-refractivity contribution in [3.8, 4) is 11.1 Å². The van der Waals surface area contributed by atoms with Crippen LogP contribution in [0.25, 0.3) is 11.1 Å². The van der Waals surface area contributed by atoms with Gasteiger partial charge in [0.15, 0.2) is 0 Å². The van der Waals surface area contributed by atoms with Crippen molar-refractivity contribution in [3.05, 3.63) is 59.7 Å². The lowest BCUT2D eigenvalue weighted by Crippen LogP contribution is -2.29. The summed E-state index contributed by atoms with van der Waals surface area (Å²) in [6, 6.07) is 16.5. The summed E-state index contributed by atoms with van der Waals surface area (Å²) >= 11 is 0. The molecule has 1 amide bonds. The molecule has 162 valence electrons. The third kappa shape index (κ3) is 6.27. The van der Waals surface area contributed by atoms with E-state index in [1.807, 2.05) is 24.3 Å². The Hall–Kier alpha value is -2.45. The van der Waals surface area contributed by atoms with Crippen molar-refractivity contribution in [1.82, 2.24) is 5.32 Å². The van der Waals surface area contributed by atoms with Crippen LogP contribution in [-0.4, -0.2) is 65.4 Å². The Bertz CT molecular complexity index is 753. The maximum Gasteiger partial charge on any atom is 0.407 e. The normalized spacial score (nSPS) is 12.4. The third-order valence-corrected chi connectivity index (χ3v) is 4.87. The highest BCUT2D eigenvalue weighted by Crippen LogP contribution is 2.44. The lowest BCUT2D eigenvalue weighted by atomic mass is 9.98. The van der Waals surface area contributed by atoms with Crippen LogP contribution in [0.4, 0.5) is 4.79 Å². The number of nitrogens with one attached hydrogen (secondary N) is 1. The number of alkyl carbamates (subject to hydrolysis) is 1. The number of nitrogens with two attached hydrogens (primary N) is 1. The number of ether oxygens (including phenoxy) is 4. The molecule has 2 aromatic carbocycles. The second kappa shape index (κ2) is 12.3. The van der Waals surface area contributed by atoms with Gasteiger partial charge in [0.05, 0.1) is 39.6 Å². The molecule has 0 radical (unpaired) electrons. The number of hydrogen-bond donors (Lipinski definition) is 2. The average Bonchev–Trinajstić information content (AvgIpc) is 3.10. The van der Waals surface area contributed by atoms with Gasteiger partial charge in [0.1, 0.15) is 6.61 Å². The highest BCUT2D eigenvalue weighted by Gasteiger charge is 2.28. The van der Waals surface area contributed by atoms with Gasteiger partial charge in [-0.05, 0) is 22.3 Å². The first-order valence-electron chi connectivity index (χ1n) is 10.3. The van der Waals surface area contributed by atoms with Gasteiger partial charge in [-0.2, -0.15) is 0 Å². The number of carbonyl (C=O) groups is 1. The summed E-state index contributed by atoms with van der Waals surface area (Å²) in [5, 5.41) is 2.72.